The zero-order valence-electron chi connectivity index (χ0n) is 12.7. The Bertz CT molecular complexity index is 672. The number of nitrogen functional groups attached to an aromatic ring is 2. The highest BCUT2D eigenvalue weighted by Gasteiger charge is 2.31. The fourth-order valence-electron chi connectivity index (χ4n) is 3.09. The number of rotatable bonds is 2. The third-order valence-corrected chi connectivity index (χ3v) is 5.55. The number of aromatic nitrogens is 2. The Hall–Kier alpha value is -1.44. The standard InChI is InChI=1S/C14H22N6S/c1-14(2,3)7-4-5-8-9(6-7)21-12-10(8)11(19-15)17-13(18-12)20-16/h7H,4-6,15-16H2,1-3H3,(H2,17,18,19,20)/t7-/m0/s1. The molecule has 0 saturated carbocycles. The molecule has 1 aliphatic rings. The molecule has 0 unspecified atom stereocenters. The van der Waals surface area contributed by atoms with Gasteiger partial charge < -0.3 is 5.43 Å². The summed E-state index contributed by atoms with van der Waals surface area (Å²) in [5, 5.41) is 1.06. The molecule has 0 aromatic carbocycles. The molecule has 6 N–H and O–H groups in total. The maximum atomic E-state index is 5.62. The molecule has 2 heterocycles. The molecular weight excluding hydrogens is 284 g/mol. The van der Waals surface area contributed by atoms with Crippen molar-refractivity contribution in [3.8, 4) is 0 Å². The zero-order chi connectivity index (χ0) is 15.2. The molecule has 1 atom stereocenters. The van der Waals surface area contributed by atoms with Gasteiger partial charge in [0.15, 0.2) is 5.82 Å². The van der Waals surface area contributed by atoms with Crippen molar-refractivity contribution in [3.63, 3.8) is 0 Å². The van der Waals surface area contributed by atoms with Crippen LogP contribution in [0, 0.1) is 11.3 Å². The number of hydrazine groups is 2. The molecule has 0 spiro atoms. The summed E-state index contributed by atoms with van der Waals surface area (Å²) >= 11 is 1.74. The molecule has 0 aliphatic heterocycles. The highest BCUT2D eigenvalue weighted by molar-refractivity contribution is 7.19. The predicted molar refractivity (Wildman–Crippen MR) is 88.0 cm³/mol. The van der Waals surface area contributed by atoms with Crippen molar-refractivity contribution in [2.45, 2.75) is 40.0 Å². The van der Waals surface area contributed by atoms with Gasteiger partial charge in [-0.3, -0.25) is 5.43 Å². The second-order valence-electron chi connectivity index (χ2n) is 6.67. The van der Waals surface area contributed by atoms with Crippen LogP contribution in [0.15, 0.2) is 0 Å². The van der Waals surface area contributed by atoms with Crippen molar-refractivity contribution < 1.29 is 0 Å². The van der Waals surface area contributed by atoms with Gasteiger partial charge in [0, 0.05) is 4.88 Å². The van der Waals surface area contributed by atoms with Crippen LogP contribution in [0.4, 0.5) is 11.8 Å². The maximum absolute atomic E-state index is 5.62. The molecule has 21 heavy (non-hydrogen) atoms. The minimum atomic E-state index is 0.332. The number of hydrogen-bond acceptors (Lipinski definition) is 7. The fourth-order valence-corrected chi connectivity index (χ4v) is 4.38. The van der Waals surface area contributed by atoms with E-state index in [9.17, 15) is 0 Å². The Balaban J connectivity index is 2.11. The molecule has 3 rings (SSSR count). The molecule has 6 nitrogen and oxygen atoms in total. The highest BCUT2D eigenvalue weighted by atomic mass is 32.1. The van der Waals surface area contributed by atoms with Gasteiger partial charge in [0.05, 0.1) is 5.39 Å². The van der Waals surface area contributed by atoms with E-state index in [-0.39, 0.29) is 0 Å². The van der Waals surface area contributed by atoms with E-state index in [0.717, 1.165) is 23.1 Å². The van der Waals surface area contributed by atoms with Crippen LogP contribution in [0.2, 0.25) is 0 Å². The van der Waals surface area contributed by atoms with E-state index in [0.29, 0.717) is 23.1 Å². The van der Waals surface area contributed by atoms with Crippen LogP contribution in [-0.4, -0.2) is 9.97 Å². The number of anilines is 2. The summed E-state index contributed by atoms with van der Waals surface area (Å²) in [6, 6.07) is 0. The molecular formula is C14H22N6S. The average molecular weight is 306 g/mol. The lowest BCUT2D eigenvalue weighted by Gasteiger charge is -2.33. The molecule has 2 aromatic rings. The molecule has 0 fully saturated rings. The average Bonchev–Trinajstić information content (AvgIpc) is 2.82. The molecule has 0 saturated heterocycles. The van der Waals surface area contributed by atoms with E-state index in [1.807, 2.05) is 0 Å². The Morgan fingerprint density at radius 2 is 1.95 bits per heavy atom. The molecule has 7 heteroatoms. The summed E-state index contributed by atoms with van der Waals surface area (Å²) in [4.78, 5) is 11.1. The van der Waals surface area contributed by atoms with Crippen LogP contribution in [0.5, 0.6) is 0 Å². The summed E-state index contributed by atoms with van der Waals surface area (Å²) in [6.45, 7) is 6.96. The van der Waals surface area contributed by atoms with E-state index in [4.69, 9.17) is 11.7 Å². The Morgan fingerprint density at radius 3 is 2.57 bits per heavy atom. The first-order valence-electron chi connectivity index (χ1n) is 7.19. The molecule has 1 aliphatic carbocycles. The Labute approximate surface area is 128 Å². The lowest BCUT2D eigenvalue weighted by atomic mass is 9.72. The van der Waals surface area contributed by atoms with Crippen LogP contribution >= 0.6 is 11.3 Å². The van der Waals surface area contributed by atoms with Gasteiger partial charge in [-0.2, -0.15) is 4.98 Å². The molecule has 114 valence electrons. The van der Waals surface area contributed by atoms with E-state index < -0.39 is 0 Å². The summed E-state index contributed by atoms with van der Waals surface area (Å²) in [6.07, 6.45) is 3.36. The van der Waals surface area contributed by atoms with E-state index in [1.54, 1.807) is 11.3 Å². The predicted octanol–water partition coefficient (Wildman–Crippen LogP) is 2.41. The van der Waals surface area contributed by atoms with Crippen LogP contribution in [0.25, 0.3) is 10.2 Å². The Kier molecular flexibility index (Phi) is 3.51. The maximum Gasteiger partial charge on any atom is 0.240 e. The van der Waals surface area contributed by atoms with Crippen molar-refractivity contribution in [1.82, 2.24) is 9.97 Å². The second kappa shape index (κ2) is 5.08. The quantitative estimate of drug-likeness (QED) is 0.502. The summed E-state index contributed by atoms with van der Waals surface area (Å²) in [5.41, 5.74) is 6.86. The van der Waals surface area contributed by atoms with Gasteiger partial charge in [0.2, 0.25) is 5.95 Å². The largest absolute Gasteiger partial charge is 0.308 e. The Morgan fingerprint density at radius 1 is 1.19 bits per heavy atom. The van der Waals surface area contributed by atoms with E-state index in [2.05, 4.69) is 41.6 Å². The fraction of sp³-hybridized carbons (Fsp3) is 0.571. The van der Waals surface area contributed by atoms with Gasteiger partial charge in [-0.05, 0) is 36.2 Å². The van der Waals surface area contributed by atoms with Gasteiger partial charge in [-0.15, -0.1) is 11.3 Å². The van der Waals surface area contributed by atoms with Gasteiger partial charge in [0.25, 0.3) is 0 Å². The number of hydrogen-bond donors (Lipinski definition) is 4. The normalized spacial score (nSPS) is 18.6. The van der Waals surface area contributed by atoms with E-state index >= 15 is 0 Å². The molecule has 0 bridgehead atoms. The van der Waals surface area contributed by atoms with Gasteiger partial charge in [-0.25, -0.2) is 16.7 Å². The highest BCUT2D eigenvalue weighted by Crippen LogP contribution is 2.44. The number of aryl methyl sites for hydroxylation is 1. The number of nitrogens with two attached hydrogens (primary N) is 2. The number of thiophene rings is 1. The van der Waals surface area contributed by atoms with Crippen molar-refractivity contribution in [3.05, 3.63) is 10.4 Å². The third kappa shape index (κ3) is 2.45. The van der Waals surface area contributed by atoms with Crippen molar-refractivity contribution >= 4 is 33.3 Å². The lowest BCUT2D eigenvalue weighted by molar-refractivity contribution is 0.218. The summed E-state index contributed by atoms with van der Waals surface area (Å²) in [7, 11) is 0. The number of nitrogens with zero attached hydrogens (tertiary/aromatic N) is 2. The zero-order valence-corrected chi connectivity index (χ0v) is 13.5. The van der Waals surface area contributed by atoms with Gasteiger partial charge in [0.1, 0.15) is 4.83 Å². The first-order valence-corrected chi connectivity index (χ1v) is 8.01. The first-order chi connectivity index (χ1) is 9.94. The van der Waals surface area contributed by atoms with Crippen molar-refractivity contribution in [2.24, 2.45) is 23.0 Å². The van der Waals surface area contributed by atoms with Crippen molar-refractivity contribution in [1.29, 1.82) is 0 Å². The molecule has 2 aromatic heterocycles. The number of nitrogens with one attached hydrogen (secondary N) is 2. The van der Waals surface area contributed by atoms with Crippen LogP contribution in [-0.2, 0) is 12.8 Å². The summed E-state index contributed by atoms with van der Waals surface area (Å²) < 4.78 is 0. The smallest absolute Gasteiger partial charge is 0.240 e. The van der Waals surface area contributed by atoms with Crippen LogP contribution in [0.1, 0.15) is 37.6 Å². The van der Waals surface area contributed by atoms with Gasteiger partial charge >= 0.3 is 0 Å². The van der Waals surface area contributed by atoms with Crippen LogP contribution in [0.3, 0.4) is 0 Å². The minimum absolute atomic E-state index is 0.332. The summed E-state index contributed by atoms with van der Waals surface area (Å²) in [5.74, 6) is 12.8. The molecule has 0 radical (unpaired) electrons. The molecule has 0 amide bonds. The monoisotopic (exact) mass is 306 g/mol. The lowest BCUT2D eigenvalue weighted by Crippen LogP contribution is -2.26. The SMILES string of the molecule is CC(C)(C)[C@H]1CCc2c(sc3nc(NN)nc(NN)c23)C1. The van der Waals surface area contributed by atoms with Crippen molar-refractivity contribution in [2.75, 3.05) is 10.9 Å². The topological polar surface area (TPSA) is 102 Å². The second-order valence-corrected chi connectivity index (χ2v) is 7.76. The van der Waals surface area contributed by atoms with Crippen LogP contribution < -0.4 is 22.5 Å². The number of fused-ring (bicyclic) bond motifs is 3. The third-order valence-electron chi connectivity index (χ3n) is 4.40. The van der Waals surface area contributed by atoms with E-state index in [1.165, 1.54) is 16.9 Å². The minimum Gasteiger partial charge on any atom is -0.308 e. The van der Waals surface area contributed by atoms with Gasteiger partial charge in [-0.1, -0.05) is 20.8 Å². The first kappa shape index (κ1) is 14.5.